The average Bonchev–Trinajstić information content (AvgIpc) is 3.35. The van der Waals surface area contributed by atoms with E-state index in [0.29, 0.717) is 28.8 Å². The topological polar surface area (TPSA) is 42.0 Å². The van der Waals surface area contributed by atoms with E-state index in [1.54, 1.807) is 43.4 Å². The largest absolute Gasteiger partial charge is 0.497 e. The Labute approximate surface area is 206 Å². The van der Waals surface area contributed by atoms with Gasteiger partial charge >= 0.3 is 0 Å². The maximum Gasteiger partial charge on any atom is 0.259 e. The van der Waals surface area contributed by atoms with Gasteiger partial charge in [0.2, 0.25) is 0 Å². The van der Waals surface area contributed by atoms with Crippen LogP contribution in [0.15, 0.2) is 42.1 Å². The van der Waals surface area contributed by atoms with Gasteiger partial charge in [-0.15, -0.1) is 0 Å². The molecular formula is C28H34F2N2O3. The van der Waals surface area contributed by atoms with Gasteiger partial charge in [0, 0.05) is 41.5 Å². The first-order chi connectivity index (χ1) is 16.9. The number of hydrogen-bond donors (Lipinski definition) is 0. The van der Waals surface area contributed by atoms with E-state index in [1.807, 2.05) is 6.92 Å². The molecule has 35 heavy (non-hydrogen) atoms. The number of ether oxygens (including phenoxy) is 2. The van der Waals surface area contributed by atoms with E-state index in [0.717, 1.165) is 38.3 Å². The molecule has 1 saturated carbocycles. The van der Waals surface area contributed by atoms with Crippen LogP contribution >= 0.6 is 0 Å². The first-order valence-electron chi connectivity index (χ1n) is 12.4. The lowest BCUT2D eigenvalue weighted by molar-refractivity contribution is 0.0384. The Balaban J connectivity index is 1.75. The first-order valence-corrected chi connectivity index (χ1v) is 12.4. The van der Waals surface area contributed by atoms with Gasteiger partial charge in [-0.3, -0.25) is 14.6 Å². The summed E-state index contributed by atoms with van der Waals surface area (Å²) in [7, 11) is 3.09. The fourth-order valence-corrected chi connectivity index (χ4v) is 5.40. The number of amides is 1. The molecule has 1 heterocycles. The molecule has 0 spiro atoms. The monoisotopic (exact) mass is 484 g/mol. The van der Waals surface area contributed by atoms with Crippen molar-refractivity contribution in [1.29, 1.82) is 0 Å². The van der Waals surface area contributed by atoms with Crippen LogP contribution in [0.3, 0.4) is 0 Å². The second-order valence-electron chi connectivity index (χ2n) is 9.38. The Morgan fingerprint density at radius 2 is 1.66 bits per heavy atom. The van der Waals surface area contributed by atoms with Gasteiger partial charge in [0.25, 0.3) is 5.91 Å². The van der Waals surface area contributed by atoms with E-state index >= 15 is 0 Å². The molecule has 0 N–H and O–H groups in total. The lowest BCUT2D eigenvalue weighted by atomic mass is 9.94. The molecule has 1 aliphatic heterocycles. The van der Waals surface area contributed by atoms with E-state index in [2.05, 4.69) is 4.90 Å². The molecule has 4 rings (SSSR count). The quantitative estimate of drug-likeness (QED) is 0.467. The molecule has 2 aromatic carbocycles. The maximum absolute atomic E-state index is 14.5. The van der Waals surface area contributed by atoms with Crippen molar-refractivity contribution >= 4 is 12.0 Å². The summed E-state index contributed by atoms with van der Waals surface area (Å²) in [4.78, 5) is 18.3. The number of nitrogens with zero attached hydrogens (tertiary/aromatic N) is 2. The zero-order chi connectivity index (χ0) is 24.9. The van der Waals surface area contributed by atoms with Gasteiger partial charge in [0.15, 0.2) is 0 Å². The van der Waals surface area contributed by atoms with Crippen LogP contribution in [0.4, 0.5) is 8.78 Å². The minimum Gasteiger partial charge on any atom is -0.497 e. The van der Waals surface area contributed by atoms with Crippen LogP contribution in [0, 0.1) is 11.6 Å². The number of carbonyl (C=O) groups excluding carboxylic acids is 1. The van der Waals surface area contributed by atoms with Crippen LogP contribution in [0.5, 0.6) is 11.5 Å². The molecule has 2 aliphatic rings. The lowest BCUT2D eigenvalue weighted by Crippen LogP contribution is -2.51. The van der Waals surface area contributed by atoms with Crippen molar-refractivity contribution in [3.05, 3.63) is 64.9 Å². The molecule has 1 atom stereocenters. The summed E-state index contributed by atoms with van der Waals surface area (Å²) in [5.74, 6) is -0.446. The van der Waals surface area contributed by atoms with Gasteiger partial charge in [0.05, 0.1) is 20.4 Å². The highest BCUT2D eigenvalue weighted by molar-refractivity contribution is 5.97. The standard InChI is InChI=1S/C28H34F2N2O3/c1-19(14-20-11-12-22(29)17-26(20)30)32(27-10-7-13-31(27)23-8-5-4-6-9-23)28(33)21-15-24(34-2)18-25(16-21)35-3/h11-12,14-18,23,27H,4-10,13H2,1-3H3/b19-14+. The lowest BCUT2D eigenvalue weighted by Gasteiger charge is -2.41. The van der Waals surface area contributed by atoms with Crippen LogP contribution in [0.1, 0.15) is 67.8 Å². The second kappa shape index (κ2) is 11.2. The van der Waals surface area contributed by atoms with Crippen LogP contribution < -0.4 is 9.47 Å². The van der Waals surface area contributed by atoms with Crippen molar-refractivity contribution in [2.45, 2.75) is 64.1 Å². The van der Waals surface area contributed by atoms with Gasteiger partial charge in [-0.1, -0.05) is 19.3 Å². The Morgan fingerprint density at radius 1 is 0.971 bits per heavy atom. The van der Waals surface area contributed by atoms with Gasteiger partial charge in [-0.2, -0.15) is 0 Å². The molecule has 2 aromatic rings. The third-order valence-corrected chi connectivity index (χ3v) is 7.13. The summed E-state index contributed by atoms with van der Waals surface area (Å²) < 4.78 is 38.8. The highest BCUT2D eigenvalue weighted by Crippen LogP contribution is 2.34. The highest BCUT2D eigenvalue weighted by atomic mass is 19.1. The van der Waals surface area contributed by atoms with Gasteiger partial charge in [0.1, 0.15) is 23.1 Å². The molecule has 1 unspecified atom stereocenters. The predicted octanol–water partition coefficient (Wildman–Crippen LogP) is 6.24. The number of rotatable bonds is 7. The van der Waals surface area contributed by atoms with Crippen LogP contribution in [-0.4, -0.2) is 48.7 Å². The Morgan fingerprint density at radius 3 is 2.29 bits per heavy atom. The molecule has 1 amide bonds. The SMILES string of the molecule is COc1cc(OC)cc(C(=O)N(/C(C)=C/c2ccc(F)cc2F)C2CCCN2C2CCCCC2)c1. The van der Waals surface area contributed by atoms with Crippen LogP contribution in [0.25, 0.3) is 6.08 Å². The molecule has 0 aromatic heterocycles. The van der Waals surface area contributed by atoms with Crippen LogP contribution in [0.2, 0.25) is 0 Å². The van der Waals surface area contributed by atoms with Crippen molar-refractivity contribution in [3.63, 3.8) is 0 Å². The smallest absolute Gasteiger partial charge is 0.259 e. The van der Waals surface area contributed by atoms with E-state index in [1.165, 1.54) is 31.4 Å². The fraction of sp³-hybridized carbons (Fsp3) is 0.464. The minimum atomic E-state index is -0.657. The number of benzene rings is 2. The van der Waals surface area contributed by atoms with Crippen molar-refractivity contribution in [1.82, 2.24) is 9.80 Å². The molecule has 2 fully saturated rings. The average molecular weight is 485 g/mol. The minimum absolute atomic E-state index is 0.137. The third-order valence-electron chi connectivity index (χ3n) is 7.13. The zero-order valence-corrected chi connectivity index (χ0v) is 20.7. The van der Waals surface area contributed by atoms with Gasteiger partial charge in [-0.25, -0.2) is 8.78 Å². The number of halogens is 2. The van der Waals surface area contributed by atoms with Crippen molar-refractivity contribution in [3.8, 4) is 11.5 Å². The zero-order valence-electron chi connectivity index (χ0n) is 20.7. The molecule has 7 heteroatoms. The molecular weight excluding hydrogens is 450 g/mol. The molecule has 5 nitrogen and oxygen atoms in total. The number of likely N-dealkylation sites (tertiary alicyclic amines) is 1. The van der Waals surface area contributed by atoms with Crippen LogP contribution in [-0.2, 0) is 0 Å². The van der Waals surface area contributed by atoms with Crippen molar-refractivity contribution in [2.75, 3.05) is 20.8 Å². The molecule has 0 radical (unpaired) electrons. The summed E-state index contributed by atoms with van der Waals surface area (Å²) in [5, 5.41) is 0. The molecule has 1 aliphatic carbocycles. The fourth-order valence-electron chi connectivity index (χ4n) is 5.40. The van der Waals surface area contributed by atoms with Gasteiger partial charge in [-0.05, 0) is 62.9 Å². The number of hydrogen-bond acceptors (Lipinski definition) is 4. The summed E-state index contributed by atoms with van der Waals surface area (Å²) in [6.45, 7) is 2.74. The Kier molecular flexibility index (Phi) is 8.06. The van der Waals surface area contributed by atoms with E-state index in [4.69, 9.17) is 9.47 Å². The second-order valence-corrected chi connectivity index (χ2v) is 9.38. The van der Waals surface area contributed by atoms with E-state index in [9.17, 15) is 13.6 Å². The van der Waals surface area contributed by atoms with Crippen molar-refractivity contribution in [2.24, 2.45) is 0 Å². The highest BCUT2D eigenvalue weighted by Gasteiger charge is 2.38. The maximum atomic E-state index is 14.5. The Hall–Kier alpha value is -2.93. The third kappa shape index (κ3) is 5.67. The summed E-state index contributed by atoms with van der Waals surface area (Å²) in [6, 6.07) is 9.04. The molecule has 1 saturated heterocycles. The number of carbonyl (C=O) groups is 1. The summed E-state index contributed by atoms with van der Waals surface area (Å²) in [6.07, 6.45) is 9.22. The predicted molar refractivity (Wildman–Crippen MR) is 132 cm³/mol. The number of methoxy groups -OCH3 is 2. The number of allylic oxidation sites excluding steroid dienone is 1. The van der Waals surface area contributed by atoms with Gasteiger partial charge < -0.3 is 9.47 Å². The molecule has 188 valence electrons. The van der Waals surface area contributed by atoms with E-state index < -0.39 is 11.6 Å². The first kappa shape index (κ1) is 25.2. The Bertz CT molecular complexity index is 1060. The van der Waals surface area contributed by atoms with Crippen molar-refractivity contribution < 1.29 is 23.0 Å². The normalized spacial score (nSPS) is 19.6. The summed E-state index contributed by atoms with van der Waals surface area (Å²) in [5.41, 5.74) is 1.28. The van der Waals surface area contributed by atoms with E-state index in [-0.39, 0.29) is 17.6 Å². The molecule has 0 bridgehead atoms. The summed E-state index contributed by atoms with van der Waals surface area (Å²) >= 11 is 0.